The molecular weight excluding hydrogens is 258 g/mol. The predicted molar refractivity (Wildman–Crippen MR) is 75.9 cm³/mol. The number of nitrogens with two attached hydrogens (primary N) is 2. The number of hydrazine groups is 1. The van der Waals surface area contributed by atoms with Crippen LogP contribution in [-0.4, -0.2) is 59.2 Å². The molecule has 7 nitrogen and oxygen atoms in total. The zero-order valence-electron chi connectivity index (χ0n) is 12.2. The van der Waals surface area contributed by atoms with E-state index in [1.807, 2.05) is 13.8 Å². The van der Waals surface area contributed by atoms with Gasteiger partial charge in [-0.1, -0.05) is 13.8 Å². The second-order valence-electron chi connectivity index (χ2n) is 6.29. The van der Waals surface area contributed by atoms with Gasteiger partial charge in [0.05, 0.1) is 11.8 Å². The van der Waals surface area contributed by atoms with Crippen LogP contribution in [0.2, 0.25) is 0 Å². The molecule has 0 spiro atoms. The average molecular weight is 283 g/mol. The van der Waals surface area contributed by atoms with E-state index >= 15 is 0 Å². The van der Waals surface area contributed by atoms with Gasteiger partial charge in [0.2, 0.25) is 5.91 Å². The van der Waals surface area contributed by atoms with E-state index in [9.17, 15) is 9.90 Å². The van der Waals surface area contributed by atoms with Gasteiger partial charge in [0.15, 0.2) is 0 Å². The number of aliphatic hydroxyl groups excluding tert-OH is 1. The summed E-state index contributed by atoms with van der Waals surface area (Å²) in [6, 6.07) is -0.488. The van der Waals surface area contributed by atoms with Crippen molar-refractivity contribution in [1.29, 1.82) is 0 Å². The summed E-state index contributed by atoms with van der Waals surface area (Å²) in [6.07, 6.45) is 1.64. The van der Waals surface area contributed by atoms with Gasteiger partial charge in [-0.2, -0.15) is 0 Å². The van der Waals surface area contributed by atoms with Crippen LogP contribution in [0.5, 0.6) is 0 Å². The number of nitrogens with zero attached hydrogens (tertiary/aromatic N) is 2. The van der Waals surface area contributed by atoms with Crippen LogP contribution in [0.15, 0.2) is 11.9 Å². The van der Waals surface area contributed by atoms with Gasteiger partial charge in [0.1, 0.15) is 6.04 Å². The van der Waals surface area contributed by atoms with Gasteiger partial charge in [-0.25, -0.2) is 5.84 Å². The zero-order chi connectivity index (χ0) is 14.9. The van der Waals surface area contributed by atoms with Crippen LogP contribution in [-0.2, 0) is 4.79 Å². The Morgan fingerprint density at radius 2 is 2.25 bits per heavy atom. The maximum Gasteiger partial charge on any atom is 0.247 e. The minimum atomic E-state index is -0.488. The van der Waals surface area contributed by atoms with Crippen LogP contribution < -0.4 is 16.9 Å². The molecule has 0 aromatic rings. The third-order valence-electron chi connectivity index (χ3n) is 4.14. The van der Waals surface area contributed by atoms with Crippen molar-refractivity contribution in [2.45, 2.75) is 32.4 Å². The smallest absolute Gasteiger partial charge is 0.247 e. The van der Waals surface area contributed by atoms with Crippen LogP contribution in [0.25, 0.3) is 0 Å². The number of rotatable bonds is 1. The maximum absolute atomic E-state index is 12.8. The van der Waals surface area contributed by atoms with Gasteiger partial charge < -0.3 is 21.1 Å². The van der Waals surface area contributed by atoms with E-state index in [1.165, 1.54) is 11.2 Å². The molecule has 0 saturated carbocycles. The number of β-amino-alcohol motifs (C(OH)–C–C–N with tert-alkyl or cyclic N) is 1. The van der Waals surface area contributed by atoms with Crippen molar-refractivity contribution in [3.63, 3.8) is 0 Å². The van der Waals surface area contributed by atoms with Crippen molar-refractivity contribution in [1.82, 2.24) is 15.2 Å². The first-order chi connectivity index (χ1) is 9.36. The number of aliphatic hydroxyl groups is 1. The summed E-state index contributed by atoms with van der Waals surface area (Å²) < 4.78 is 0. The van der Waals surface area contributed by atoms with E-state index in [-0.39, 0.29) is 11.3 Å². The van der Waals surface area contributed by atoms with Crippen molar-refractivity contribution >= 4 is 5.91 Å². The SMILES string of the molecule is CC1(C)CNC/C(=C/N)N(N)C1C(=O)N1CCC(O)C1. The maximum atomic E-state index is 12.8. The molecule has 0 bridgehead atoms. The Morgan fingerprint density at radius 3 is 2.80 bits per heavy atom. The highest BCUT2D eigenvalue weighted by Gasteiger charge is 2.44. The molecule has 1 amide bonds. The summed E-state index contributed by atoms with van der Waals surface area (Å²) >= 11 is 0. The Morgan fingerprint density at radius 1 is 1.55 bits per heavy atom. The number of carbonyl (C=O) groups is 1. The summed E-state index contributed by atoms with van der Waals surface area (Å²) in [4.78, 5) is 14.5. The minimum absolute atomic E-state index is 0.0444. The summed E-state index contributed by atoms with van der Waals surface area (Å²) in [6.45, 7) is 6.19. The number of carbonyl (C=O) groups excluding carboxylic acids is 1. The fraction of sp³-hybridized carbons (Fsp3) is 0.769. The fourth-order valence-corrected chi connectivity index (χ4v) is 2.96. The Hall–Kier alpha value is -1.31. The molecule has 2 unspecified atom stereocenters. The number of nitrogens with one attached hydrogen (secondary N) is 1. The van der Waals surface area contributed by atoms with Crippen LogP contribution >= 0.6 is 0 Å². The van der Waals surface area contributed by atoms with Gasteiger partial charge in [-0.3, -0.25) is 9.80 Å². The van der Waals surface area contributed by atoms with E-state index in [0.29, 0.717) is 38.3 Å². The second-order valence-corrected chi connectivity index (χ2v) is 6.29. The number of hydrogen-bond donors (Lipinski definition) is 4. The fourth-order valence-electron chi connectivity index (χ4n) is 2.96. The minimum Gasteiger partial charge on any atom is -0.403 e. The van der Waals surface area contributed by atoms with Crippen molar-refractivity contribution in [3.8, 4) is 0 Å². The third kappa shape index (κ3) is 2.74. The molecule has 2 heterocycles. The molecule has 2 atom stereocenters. The predicted octanol–water partition coefficient (Wildman–Crippen LogP) is -1.45. The number of amides is 1. The summed E-state index contributed by atoms with van der Waals surface area (Å²) in [5.74, 6) is 6.10. The highest BCUT2D eigenvalue weighted by molar-refractivity contribution is 5.83. The Labute approximate surface area is 119 Å². The Balaban J connectivity index is 2.26. The van der Waals surface area contributed by atoms with E-state index in [0.717, 1.165) is 0 Å². The largest absolute Gasteiger partial charge is 0.403 e. The first-order valence-electron chi connectivity index (χ1n) is 6.99. The van der Waals surface area contributed by atoms with E-state index in [1.54, 1.807) is 4.90 Å². The van der Waals surface area contributed by atoms with Crippen LogP contribution in [0.3, 0.4) is 0 Å². The van der Waals surface area contributed by atoms with Crippen molar-refractivity contribution in [2.75, 3.05) is 26.2 Å². The summed E-state index contributed by atoms with van der Waals surface area (Å²) in [5, 5.41) is 14.4. The van der Waals surface area contributed by atoms with Crippen molar-refractivity contribution < 1.29 is 9.90 Å². The molecule has 2 rings (SSSR count). The van der Waals surface area contributed by atoms with Crippen molar-refractivity contribution in [3.05, 3.63) is 11.9 Å². The first kappa shape index (κ1) is 15.1. The molecule has 7 heteroatoms. The zero-order valence-corrected chi connectivity index (χ0v) is 12.2. The Bertz CT molecular complexity index is 410. The lowest BCUT2D eigenvalue weighted by atomic mass is 9.83. The summed E-state index contributed by atoms with van der Waals surface area (Å²) in [5.41, 5.74) is 5.97. The van der Waals surface area contributed by atoms with Gasteiger partial charge in [-0.05, 0) is 6.42 Å². The van der Waals surface area contributed by atoms with E-state index in [4.69, 9.17) is 11.6 Å². The molecule has 0 aromatic heterocycles. The topological polar surface area (TPSA) is 108 Å². The Kier molecular flexibility index (Phi) is 4.22. The molecule has 2 saturated heterocycles. The number of likely N-dealkylation sites (tertiary alicyclic amines) is 1. The van der Waals surface area contributed by atoms with Crippen LogP contribution in [0.4, 0.5) is 0 Å². The molecule has 0 radical (unpaired) electrons. The normalized spacial score (nSPS) is 32.5. The van der Waals surface area contributed by atoms with E-state index < -0.39 is 12.1 Å². The lowest BCUT2D eigenvalue weighted by Crippen LogP contribution is -2.57. The van der Waals surface area contributed by atoms with Gasteiger partial charge >= 0.3 is 0 Å². The van der Waals surface area contributed by atoms with Gasteiger partial charge in [-0.15, -0.1) is 0 Å². The monoisotopic (exact) mass is 283 g/mol. The highest BCUT2D eigenvalue weighted by atomic mass is 16.3. The first-order valence-corrected chi connectivity index (χ1v) is 6.99. The highest BCUT2D eigenvalue weighted by Crippen LogP contribution is 2.29. The molecule has 0 aliphatic carbocycles. The average Bonchev–Trinajstić information content (AvgIpc) is 2.76. The van der Waals surface area contributed by atoms with Gasteiger partial charge in [0.25, 0.3) is 0 Å². The molecule has 2 aliphatic heterocycles. The quantitative estimate of drug-likeness (QED) is 0.439. The standard InChI is InChI=1S/C13H25N5O2/c1-13(2)8-16-6-9(5-14)18(15)11(13)12(20)17-4-3-10(19)7-17/h5,10-11,16,19H,3-4,6-8,14-15H2,1-2H3/b9-5-. The molecule has 6 N–H and O–H groups in total. The van der Waals surface area contributed by atoms with Crippen LogP contribution in [0, 0.1) is 5.41 Å². The molecule has 2 fully saturated rings. The lowest BCUT2D eigenvalue weighted by molar-refractivity contribution is -0.139. The molecule has 2 aliphatic rings. The van der Waals surface area contributed by atoms with Crippen molar-refractivity contribution in [2.24, 2.45) is 17.0 Å². The van der Waals surface area contributed by atoms with Gasteiger partial charge in [0, 0.05) is 37.8 Å². The molecular formula is C13H25N5O2. The summed E-state index contributed by atoms with van der Waals surface area (Å²) in [7, 11) is 0. The second kappa shape index (κ2) is 5.59. The van der Waals surface area contributed by atoms with E-state index in [2.05, 4.69) is 5.32 Å². The molecule has 0 aromatic carbocycles. The van der Waals surface area contributed by atoms with Crippen LogP contribution in [0.1, 0.15) is 20.3 Å². The molecule has 114 valence electrons. The molecule has 20 heavy (non-hydrogen) atoms. The third-order valence-corrected chi connectivity index (χ3v) is 4.14. The lowest BCUT2D eigenvalue weighted by Gasteiger charge is -2.39. The number of hydrogen-bond acceptors (Lipinski definition) is 6.